The number of amides is 1. The molecule has 2 aliphatic rings. The Balaban J connectivity index is 1.75. The van der Waals surface area contributed by atoms with Crippen LogP contribution < -0.4 is 10.2 Å². The number of aromatic nitrogens is 2. The van der Waals surface area contributed by atoms with E-state index < -0.39 is 5.54 Å². The number of carbonyl (C=O) groups is 1. The highest BCUT2D eigenvalue weighted by Crippen LogP contribution is 2.30. The smallest absolute Gasteiger partial charge is 0.239 e. The third kappa shape index (κ3) is 2.79. The highest BCUT2D eigenvalue weighted by molar-refractivity contribution is 5.85. The zero-order chi connectivity index (χ0) is 15.6. The molecular weight excluding hydrogens is 278 g/mol. The van der Waals surface area contributed by atoms with Gasteiger partial charge in [-0.1, -0.05) is 0 Å². The van der Waals surface area contributed by atoms with Crippen molar-refractivity contribution < 1.29 is 4.79 Å². The van der Waals surface area contributed by atoms with Crippen LogP contribution in [0.15, 0.2) is 12.3 Å². The molecule has 0 aromatic carbocycles. The van der Waals surface area contributed by atoms with Gasteiger partial charge in [-0.3, -0.25) is 9.69 Å². The van der Waals surface area contributed by atoms with Gasteiger partial charge in [0.05, 0.1) is 11.2 Å². The first-order valence-electron chi connectivity index (χ1n) is 8.17. The van der Waals surface area contributed by atoms with Gasteiger partial charge < -0.3 is 10.2 Å². The first-order chi connectivity index (χ1) is 10.6. The van der Waals surface area contributed by atoms with Gasteiger partial charge in [0.25, 0.3) is 0 Å². The normalized spacial score (nSPS) is 25.6. The number of hydrogen-bond donors (Lipinski definition) is 1. The van der Waals surface area contributed by atoms with E-state index in [4.69, 9.17) is 4.98 Å². The van der Waals surface area contributed by atoms with Crippen molar-refractivity contribution in [3.05, 3.63) is 18.0 Å². The maximum atomic E-state index is 12.2. The minimum atomic E-state index is -0.423. The van der Waals surface area contributed by atoms with E-state index >= 15 is 0 Å². The summed E-state index contributed by atoms with van der Waals surface area (Å²) in [7, 11) is 1.71. The van der Waals surface area contributed by atoms with Gasteiger partial charge in [-0.25, -0.2) is 9.97 Å². The van der Waals surface area contributed by atoms with Gasteiger partial charge in [0.1, 0.15) is 0 Å². The summed E-state index contributed by atoms with van der Waals surface area (Å²) in [4.78, 5) is 25.8. The first kappa shape index (κ1) is 15.2. The fraction of sp³-hybridized carbons (Fsp3) is 0.688. The highest BCUT2D eigenvalue weighted by Gasteiger charge is 2.42. The molecule has 2 aliphatic heterocycles. The summed E-state index contributed by atoms with van der Waals surface area (Å²) >= 11 is 0. The van der Waals surface area contributed by atoms with E-state index in [0.717, 1.165) is 44.1 Å². The van der Waals surface area contributed by atoms with Crippen molar-refractivity contribution >= 4 is 11.9 Å². The predicted octanol–water partition coefficient (Wildman–Crippen LogP) is 1.18. The third-order valence-corrected chi connectivity index (χ3v) is 4.95. The fourth-order valence-electron chi connectivity index (χ4n) is 3.54. The van der Waals surface area contributed by atoms with Crippen molar-refractivity contribution in [2.75, 3.05) is 31.6 Å². The molecule has 1 aromatic heterocycles. The topological polar surface area (TPSA) is 61.4 Å². The van der Waals surface area contributed by atoms with E-state index in [1.54, 1.807) is 7.05 Å². The number of likely N-dealkylation sites (N-methyl/N-ethyl adjacent to an activating group) is 1. The number of carbonyl (C=O) groups excluding carboxylic acids is 1. The van der Waals surface area contributed by atoms with Crippen LogP contribution in [-0.2, 0) is 11.3 Å². The molecule has 1 aromatic rings. The summed E-state index contributed by atoms with van der Waals surface area (Å²) in [6.07, 6.45) is 6.22. The van der Waals surface area contributed by atoms with Gasteiger partial charge in [-0.2, -0.15) is 0 Å². The van der Waals surface area contributed by atoms with Gasteiger partial charge in [-0.05, 0) is 45.2 Å². The Morgan fingerprint density at radius 3 is 2.82 bits per heavy atom. The monoisotopic (exact) mass is 303 g/mol. The number of hydrogen-bond acceptors (Lipinski definition) is 5. The quantitative estimate of drug-likeness (QED) is 0.905. The zero-order valence-electron chi connectivity index (χ0n) is 13.5. The molecule has 1 N–H and O–H groups in total. The van der Waals surface area contributed by atoms with Crippen molar-refractivity contribution in [3.8, 4) is 0 Å². The highest BCUT2D eigenvalue weighted by atomic mass is 16.2. The largest absolute Gasteiger partial charge is 0.358 e. The zero-order valence-corrected chi connectivity index (χ0v) is 13.5. The molecule has 0 saturated carbocycles. The summed E-state index contributed by atoms with van der Waals surface area (Å²) in [6.45, 7) is 5.76. The van der Waals surface area contributed by atoms with Gasteiger partial charge in [0.15, 0.2) is 0 Å². The maximum absolute atomic E-state index is 12.2. The lowest BCUT2D eigenvalue weighted by molar-refractivity contribution is -0.130. The average molecular weight is 303 g/mol. The Hall–Kier alpha value is -1.69. The maximum Gasteiger partial charge on any atom is 0.239 e. The van der Waals surface area contributed by atoms with E-state index in [1.165, 1.54) is 12.8 Å². The molecule has 3 heterocycles. The molecule has 0 aliphatic carbocycles. The van der Waals surface area contributed by atoms with E-state index in [0.29, 0.717) is 6.54 Å². The fourth-order valence-corrected chi connectivity index (χ4v) is 3.54. The summed E-state index contributed by atoms with van der Waals surface area (Å²) in [5.41, 5.74) is 0.571. The van der Waals surface area contributed by atoms with Crippen LogP contribution in [0.1, 0.15) is 38.3 Å². The molecular formula is C16H25N5O. The van der Waals surface area contributed by atoms with Crippen LogP contribution in [-0.4, -0.2) is 53.0 Å². The molecule has 22 heavy (non-hydrogen) atoms. The van der Waals surface area contributed by atoms with Crippen LogP contribution in [0, 0.1) is 0 Å². The Kier molecular flexibility index (Phi) is 4.29. The minimum Gasteiger partial charge on any atom is -0.358 e. The molecule has 2 saturated heterocycles. The molecule has 6 nitrogen and oxygen atoms in total. The lowest BCUT2D eigenvalue weighted by Crippen LogP contribution is -2.52. The molecule has 1 atom stereocenters. The van der Waals surface area contributed by atoms with Crippen LogP contribution in [0.3, 0.4) is 0 Å². The van der Waals surface area contributed by atoms with Gasteiger partial charge in [0, 0.05) is 32.9 Å². The molecule has 3 rings (SSSR count). The van der Waals surface area contributed by atoms with Gasteiger partial charge in [0.2, 0.25) is 11.9 Å². The van der Waals surface area contributed by atoms with E-state index in [9.17, 15) is 4.79 Å². The number of nitrogens with one attached hydrogen (secondary N) is 1. The lowest BCUT2D eigenvalue weighted by Gasteiger charge is -2.33. The van der Waals surface area contributed by atoms with E-state index in [-0.39, 0.29) is 5.91 Å². The van der Waals surface area contributed by atoms with Crippen LogP contribution in [0.5, 0.6) is 0 Å². The molecule has 6 heteroatoms. The van der Waals surface area contributed by atoms with Crippen LogP contribution in [0.2, 0.25) is 0 Å². The SMILES string of the molecule is CNC(=O)C1(C)CCCN1Cc1ccnc(N2CCCC2)n1. The molecule has 0 spiro atoms. The van der Waals surface area contributed by atoms with Gasteiger partial charge >= 0.3 is 0 Å². The van der Waals surface area contributed by atoms with E-state index in [1.807, 2.05) is 19.2 Å². The van der Waals surface area contributed by atoms with Crippen molar-refractivity contribution in [1.29, 1.82) is 0 Å². The van der Waals surface area contributed by atoms with Gasteiger partial charge in [-0.15, -0.1) is 0 Å². The van der Waals surface area contributed by atoms with Crippen molar-refractivity contribution in [2.45, 2.75) is 44.7 Å². The molecule has 0 bridgehead atoms. The minimum absolute atomic E-state index is 0.0961. The van der Waals surface area contributed by atoms with Crippen LogP contribution in [0.25, 0.3) is 0 Å². The summed E-state index contributed by atoms with van der Waals surface area (Å²) in [6, 6.07) is 1.96. The Morgan fingerprint density at radius 1 is 1.32 bits per heavy atom. The van der Waals surface area contributed by atoms with Crippen molar-refractivity contribution in [2.24, 2.45) is 0 Å². The molecule has 1 amide bonds. The standard InChI is InChI=1S/C16H25N5O/c1-16(14(22)17-2)7-5-11-21(16)12-13-6-8-18-15(19-13)20-9-3-4-10-20/h6,8H,3-5,7,9-12H2,1-2H3,(H,17,22). The van der Waals surface area contributed by atoms with Crippen LogP contribution >= 0.6 is 0 Å². The predicted molar refractivity (Wildman–Crippen MR) is 85.6 cm³/mol. The number of anilines is 1. The number of rotatable bonds is 4. The van der Waals surface area contributed by atoms with Crippen LogP contribution in [0.4, 0.5) is 5.95 Å². The molecule has 2 fully saturated rings. The van der Waals surface area contributed by atoms with Crippen molar-refractivity contribution in [1.82, 2.24) is 20.2 Å². The number of likely N-dealkylation sites (tertiary alicyclic amines) is 1. The molecule has 1 unspecified atom stereocenters. The Bertz CT molecular complexity index is 543. The average Bonchev–Trinajstić information content (AvgIpc) is 3.18. The molecule has 0 radical (unpaired) electrons. The third-order valence-electron chi connectivity index (χ3n) is 4.95. The Morgan fingerprint density at radius 2 is 2.09 bits per heavy atom. The summed E-state index contributed by atoms with van der Waals surface area (Å²) in [5, 5.41) is 2.80. The Labute approximate surface area is 131 Å². The summed E-state index contributed by atoms with van der Waals surface area (Å²) in [5.74, 6) is 0.926. The van der Waals surface area contributed by atoms with E-state index in [2.05, 4.69) is 20.1 Å². The van der Waals surface area contributed by atoms with Crippen molar-refractivity contribution in [3.63, 3.8) is 0 Å². The lowest BCUT2D eigenvalue weighted by atomic mass is 9.97. The second-order valence-electron chi connectivity index (χ2n) is 6.42. The summed E-state index contributed by atoms with van der Waals surface area (Å²) < 4.78 is 0. The number of nitrogens with zero attached hydrogens (tertiary/aromatic N) is 4. The first-order valence-corrected chi connectivity index (χ1v) is 8.17. The second kappa shape index (κ2) is 6.20. The second-order valence-corrected chi connectivity index (χ2v) is 6.42. The molecule has 120 valence electrons.